The van der Waals surface area contributed by atoms with Crippen LogP contribution < -0.4 is 0 Å². The molecule has 0 unspecified atom stereocenters. The molecule has 8 fully saturated rings. The number of aliphatic hydroxyl groups is 8. The molecule has 0 aromatic heterocycles. The molecule has 0 aromatic carbocycles. The smallest absolute Gasteiger partial charge is 0.397 e. The molecule has 10 N–H and O–H groups in total. The summed E-state index contributed by atoms with van der Waals surface area (Å²) in [5.74, 6) is -0.991. The van der Waals surface area contributed by atoms with E-state index in [-0.39, 0.29) is 30.0 Å². The van der Waals surface area contributed by atoms with Gasteiger partial charge in [-0.1, -0.05) is 44.9 Å². The molecule has 0 bridgehead atoms. The summed E-state index contributed by atoms with van der Waals surface area (Å²) in [5, 5.41) is 89.5. The van der Waals surface area contributed by atoms with Crippen LogP contribution in [0.5, 0.6) is 0 Å². The van der Waals surface area contributed by atoms with Crippen molar-refractivity contribution in [1.82, 2.24) is 0 Å². The summed E-state index contributed by atoms with van der Waals surface area (Å²) >= 11 is 0. The van der Waals surface area contributed by atoms with E-state index in [0.717, 1.165) is 25.5 Å². The molecule has 0 aromatic rings. The van der Waals surface area contributed by atoms with Crippen molar-refractivity contribution in [2.24, 2.45) is 39.4 Å². The van der Waals surface area contributed by atoms with E-state index in [1.165, 1.54) is 12.5 Å². The van der Waals surface area contributed by atoms with Gasteiger partial charge in [0.05, 0.1) is 43.4 Å². The zero-order chi connectivity index (χ0) is 61.8. The molecule has 84 heavy (non-hydrogen) atoms. The van der Waals surface area contributed by atoms with Gasteiger partial charge in [-0.3, -0.25) is 18.7 Å². The molecule has 1 spiro atoms. The average Bonchev–Trinajstić information content (AvgIpc) is 1.61. The third-order valence-corrected chi connectivity index (χ3v) is 21.2. The normalized spacial score (nSPS) is 48.5. The van der Waals surface area contributed by atoms with Crippen LogP contribution in [0.4, 0.5) is 0 Å². The molecular formula is C54H84O28S2. The van der Waals surface area contributed by atoms with Crippen molar-refractivity contribution in [2.45, 2.75) is 235 Å². The maximum Gasteiger partial charge on any atom is 0.397 e. The van der Waals surface area contributed by atoms with Gasteiger partial charge in [-0.25, -0.2) is 8.37 Å². The molecule has 9 rings (SSSR count). The summed E-state index contributed by atoms with van der Waals surface area (Å²) in [5.41, 5.74) is -1.53. The van der Waals surface area contributed by atoms with Gasteiger partial charge in [-0.15, -0.1) is 6.58 Å². The lowest BCUT2D eigenvalue weighted by Gasteiger charge is -2.63. The van der Waals surface area contributed by atoms with Crippen molar-refractivity contribution in [3.8, 4) is 0 Å². The van der Waals surface area contributed by atoms with E-state index in [2.05, 4.69) is 30.7 Å². The molecule has 480 valence electrons. The Morgan fingerprint density at radius 3 is 1.99 bits per heavy atom. The summed E-state index contributed by atoms with van der Waals surface area (Å²) in [6.45, 7) is 15.0. The van der Waals surface area contributed by atoms with Gasteiger partial charge >= 0.3 is 26.8 Å². The van der Waals surface area contributed by atoms with Crippen molar-refractivity contribution < 1.29 is 132 Å². The molecule has 5 heterocycles. The molecule has 5 aliphatic heterocycles. The first-order chi connectivity index (χ1) is 39.1. The first-order valence-electron chi connectivity index (χ1n) is 28.6. The van der Waals surface area contributed by atoms with Crippen LogP contribution in [0.2, 0.25) is 0 Å². The van der Waals surface area contributed by atoms with Gasteiger partial charge < -0.3 is 88.2 Å². The molecule has 27 atom stereocenters. The second-order valence-corrected chi connectivity index (χ2v) is 28.0. The van der Waals surface area contributed by atoms with Crippen molar-refractivity contribution in [3.05, 3.63) is 23.8 Å². The zero-order valence-corrected chi connectivity index (χ0v) is 49.8. The highest BCUT2D eigenvalue weighted by atomic mass is 32.3. The molecule has 28 nitrogen and oxygen atoms in total. The van der Waals surface area contributed by atoms with Crippen LogP contribution in [0.1, 0.15) is 106 Å². The minimum absolute atomic E-state index is 0.0507. The number of methoxy groups -OCH3 is 1. The van der Waals surface area contributed by atoms with Crippen LogP contribution in [0.25, 0.3) is 0 Å². The fourth-order valence-corrected chi connectivity index (χ4v) is 17.0. The number of rotatable bonds is 19. The topological polar surface area (TPSA) is 415 Å². The molecule has 30 heteroatoms. The first-order valence-corrected chi connectivity index (χ1v) is 31.3. The Hall–Kier alpha value is -2.32. The minimum atomic E-state index is -5.22. The number of carbonyl (C=O) groups excluding carboxylic acids is 2. The second-order valence-electron chi connectivity index (χ2n) is 25.8. The monoisotopic (exact) mass is 1240 g/mol. The largest absolute Gasteiger partial charge is 0.458 e. The van der Waals surface area contributed by atoms with Gasteiger partial charge in [0.1, 0.15) is 96.8 Å². The van der Waals surface area contributed by atoms with Crippen LogP contribution in [0, 0.1) is 39.4 Å². The number of Topliss-reactive ketones (excluding diaryl/α,β-unsaturated/α-hetero) is 1. The Bertz CT molecular complexity index is 2690. The van der Waals surface area contributed by atoms with Crippen LogP contribution in [-0.4, -0.2) is 234 Å². The first kappa shape index (κ1) is 66.1. The van der Waals surface area contributed by atoms with Crippen LogP contribution in [0.3, 0.4) is 0 Å². The van der Waals surface area contributed by atoms with E-state index in [1.807, 2.05) is 27.7 Å². The quantitative estimate of drug-likeness (QED) is 0.0335. The third-order valence-electron chi connectivity index (χ3n) is 20.3. The molecule has 5 saturated heterocycles. The van der Waals surface area contributed by atoms with Gasteiger partial charge in [0, 0.05) is 13.5 Å². The number of fused-ring (bicyclic) bond motifs is 4. The Balaban J connectivity index is 0.915. The summed E-state index contributed by atoms with van der Waals surface area (Å²) in [7, 11) is -9.27. The Kier molecular flexibility index (Phi) is 19.0. The molecule has 0 radical (unpaired) electrons. The highest BCUT2D eigenvalue weighted by Gasteiger charge is 2.79. The third kappa shape index (κ3) is 11.8. The highest BCUT2D eigenvalue weighted by Crippen LogP contribution is 2.75. The van der Waals surface area contributed by atoms with Gasteiger partial charge in [-0.2, -0.15) is 16.8 Å². The fraction of sp³-hybridized carbons (Fsp3) is 0.889. The van der Waals surface area contributed by atoms with Crippen LogP contribution in [-0.2, 0) is 86.1 Å². The maximum absolute atomic E-state index is 14.4. The van der Waals surface area contributed by atoms with Crippen molar-refractivity contribution >= 4 is 32.6 Å². The Labute approximate surface area is 487 Å². The summed E-state index contributed by atoms with van der Waals surface area (Å²) in [6.07, 6.45) is -27.9. The molecular weight excluding hydrogens is 1160 g/mol. The number of cyclic esters (lactones) is 1. The Morgan fingerprint density at radius 2 is 1.36 bits per heavy atom. The van der Waals surface area contributed by atoms with Crippen LogP contribution >= 0.6 is 0 Å². The van der Waals surface area contributed by atoms with Crippen molar-refractivity contribution in [1.29, 1.82) is 0 Å². The highest BCUT2D eigenvalue weighted by molar-refractivity contribution is 7.81. The van der Waals surface area contributed by atoms with E-state index in [4.69, 9.17) is 51.6 Å². The standard InChI is InChI=1S/C54H84O28S2/c1-23(2)11-10-16-53(8)44-27(56)19-52(7)26-12-13-31-50(4,5)32(15-17-51(31,6)25(26)14-18-54(44,52)49(64)81-53)77-48-43(35(59)30(21-72-48)82-84(68,69)70)80-45-37(61)36(60)40(24(3)74-45)78-47-39(63)42(34(58)29(76-47)22-73-83(65,66)67)79-46-38(62)41(71-9)33(57)28(20-55)75-46/h14,24,26,28-48,55,57-63H,1,10-13,15-22H2,2-9H3,(H,65,66,67)(H,68,69,70)/t24-,26+,28-,29-,30-,31-,32-,33-,34-,35+,36-,37-,38-,39-,40-,41+,42+,43-,44-,45+,46+,47+,48-,51+,52-,53+,54-/m0/s1. The average molecular weight is 1250 g/mol. The number of ether oxygens (including phenoxy) is 10. The van der Waals surface area contributed by atoms with E-state index in [1.54, 1.807) is 0 Å². The predicted octanol–water partition coefficient (Wildman–Crippen LogP) is -0.555. The number of carbonyl (C=O) groups is 2. The van der Waals surface area contributed by atoms with E-state index >= 15 is 0 Å². The lowest BCUT2D eigenvalue weighted by molar-refractivity contribution is -0.389. The maximum atomic E-state index is 14.4. The summed E-state index contributed by atoms with van der Waals surface area (Å²) in [6, 6.07) is 0. The SMILES string of the molecule is C=C(C)CCC[C@@]1(C)OC(=O)[C@@]23CC=C4[C@@H](CC[C@H]5C(C)(C)[C@@H](O[C@@H]6OC[C@H](OS(=O)(=O)O)[C@@H](O)[C@@H]6O[C@H]6O[C@@H](C)[C@H](O[C@H]7O[C@@H](COS(=O)(=O)O)[C@H](O)[C@@H](O[C@H]8O[C@@H](CO)[C@H](O)[C@@H](OC)[C@@H]8O)[C@@H]7O)[C@@H](O)[C@@H]6O)CC[C@]45C)[C@]2(C)CC(=O)[C@@H]13. The lowest BCUT2D eigenvalue weighted by Crippen LogP contribution is -2.67. The number of hydrogen-bond acceptors (Lipinski definition) is 26. The van der Waals surface area contributed by atoms with Gasteiger partial charge in [0.2, 0.25) is 0 Å². The number of esters is 1. The predicted molar refractivity (Wildman–Crippen MR) is 282 cm³/mol. The number of ketones is 1. The second kappa shape index (κ2) is 24.1. The van der Waals surface area contributed by atoms with Crippen LogP contribution in [0.15, 0.2) is 23.8 Å². The number of aliphatic hydroxyl groups excluding tert-OH is 8. The molecule has 3 saturated carbocycles. The number of allylic oxidation sites excluding steroid dienone is 3. The summed E-state index contributed by atoms with van der Waals surface area (Å²) in [4.78, 5) is 28.7. The van der Waals surface area contributed by atoms with E-state index in [9.17, 15) is 76.4 Å². The van der Waals surface area contributed by atoms with Crippen molar-refractivity contribution in [3.63, 3.8) is 0 Å². The molecule has 4 aliphatic carbocycles. The van der Waals surface area contributed by atoms with Gasteiger partial charge in [-0.05, 0) is 100 Å². The van der Waals surface area contributed by atoms with Gasteiger partial charge in [0.25, 0.3) is 0 Å². The van der Waals surface area contributed by atoms with Gasteiger partial charge in [0.15, 0.2) is 25.2 Å². The zero-order valence-electron chi connectivity index (χ0n) is 48.2. The molecule has 9 aliphatic rings. The lowest BCUT2D eigenvalue weighted by atomic mass is 9.41. The molecule has 0 amide bonds. The number of hydrogen-bond donors (Lipinski definition) is 10. The Morgan fingerprint density at radius 1 is 0.738 bits per heavy atom. The van der Waals surface area contributed by atoms with E-state index in [0.29, 0.717) is 38.5 Å². The minimum Gasteiger partial charge on any atom is -0.458 e. The van der Waals surface area contributed by atoms with Crippen molar-refractivity contribution in [2.75, 3.05) is 26.9 Å². The fourth-order valence-electron chi connectivity index (χ4n) is 16.2. The van der Waals surface area contributed by atoms with E-state index < -0.39 is 197 Å². The summed E-state index contributed by atoms with van der Waals surface area (Å²) < 4.78 is 135.